The van der Waals surface area contributed by atoms with Crippen molar-refractivity contribution in [1.29, 1.82) is 5.26 Å². The molecule has 142 valence electrons. The van der Waals surface area contributed by atoms with Crippen LogP contribution in [0.15, 0.2) is 42.5 Å². The predicted octanol–water partition coefficient (Wildman–Crippen LogP) is 8.28. The van der Waals surface area contributed by atoms with E-state index in [0.29, 0.717) is 0 Å². The predicted molar refractivity (Wildman–Crippen MR) is 119 cm³/mol. The molecule has 0 bridgehead atoms. The first-order valence-electron chi connectivity index (χ1n) is 9.82. The zero-order valence-electron chi connectivity index (χ0n) is 18.5. The second kappa shape index (κ2) is 15.0. The third kappa shape index (κ3) is 7.28. The summed E-state index contributed by atoms with van der Waals surface area (Å²) in [5, 5.41) is 9.11. The first-order valence-corrected chi connectivity index (χ1v) is 9.82. The van der Waals surface area contributed by atoms with Crippen molar-refractivity contribution < 1.29 is 0 Å². The first-order chi connectivity index (χ1) is 12.6. The van der Waals surface area contributed by atoms with Gasteiger partial charge in [-0.25, -0.2) is 0 Å². The Morgan fingerprint density at radius 2 is 1.23 bits per heavy atom. The molecule has 0 aromatic heterocycles. The van der Waals surface area contributed by atoms with Crippen LogP contribution in [0, 0.1) is 32.1 Å². The van der Waals surface area contributed by atoms with E-state index in [0.717, 1.165) is 11.1 Å². The number of aryl methyl sites for hydroxylation is 3. The lowest BCUT2D eigenvalue weighted by Crippen LogP contribution is -1.90. The Morgan fingerprint density at radius 3 is 1.62 bits per heavy atom. The quantitative estimate of drug-likeness (QED) is 0.499. The highest BCUT2D eigenvalue weighted by atomic mass is 14.2. The largest absolute Gasteiger partial charge is 0.192 e. The SMILES string of the molecule is C/C=C(\C#N)c1ccc(-c2ccc(C)cc2C)c(C)c1.CC.CC.CC. The van der Waals surface area contributed by atoms with Crippen molar-refractivity contribution >= 4 is 5.57 Å². The van der Waals surface area contributed by atoms with Crippen LogP contribution in [0.4, 0.5) is 0 Å². The molecule has 2 aromatic carbocycles. The molecule has 0 atom stereocenters. The van der Waals surface area contributed by atoms with Crippen LogP contribution >= 0.6 is 0 Å². The van der Waals surface area contributed by atoms with Gasteiger partial charge in [0.15, 0.2) is 0 Å². The third-order valence-electron chi connectivity index (χ3n) is 3.62. The van der Waals surface area contributed by atoms with E-state index >= 15 is 0 Å². The van der Waals surface area contributed by atoms with Gasteiger partial charge in [0.05, 0.1) is 11.6 Å². The smallest absolute Gasteiger partial charge is 0.0994 e. The molecule has 0 N–H and O–H groups in total. The van der Waals surface area contributed by atoms with Crippen molar-refractivity contribution in [2.24, 2.45) is 0 Å². The standard InChI is InChI=1S/C19H19N.3C2H6/c1-5-16(12-20)17-7-9-19(15(4)11-17)18-8-6-13(2)10-14(18)3;3*1-2/h5-11H,1-4H3;3*1-2H3/b16-5+;;;. The molecule has 0 saturated heterocycles. The molecular weight excluding hydrogens is 314 g/mol. The summed E-state index contributed by atoms with van der Waals surface area (Å²) in [6.07, 6.45) is 1.85. The molecule has 0 radical (unpaired) electrons. The van der Waals surface area contributed by atoms with E-state index in [-0.39, 0.29) is 0 Å². The second-order valence-corrected chi connectivity index (χ2v) is 5.16. The Morgan fingerprint density at radius 1 is 0.769 bits per heavy atom. The summed E-state index contributed by atoms with van der Waals surface area (Å²) >= 11 is 0. The zero-order chi connectivity index (χ0) is 20.7. The van der Waals surface area contributed by atoms with Crippen LogP contribution in [0.2, 0.25) is 0 Å². The van der Waals surface area contributed by atoms with Crippen molar-refractivity contribution in [2.75, 3.05) is 0 Å². The summed E-state index contributed by atoms with van der Waals surface area (Å²) in [5.41, 5.74) is 7.97. The Labute approximate surface area is 162 Å². The van der Waals surface area contributed by atoms with E-state index < -0.39 is 0 Å². The van der Waals surface area contributed by atoms with Gasteiger partial charge in [-0.1, -0.05) is 89.6 Å². The maximum absolute atomic E-state index is 9.11. The Kier molecular flexibility index (Phi) is 14.9. The summed E-state index contributed by atoms with van der Waals surface area (Å²) < 4.78 is 0. The molecular formula is C25H37N. The molecule has 0 saturated carbocycles. The minimum absolute atomic E-state index is 0.722. The van der Waals surface area contributed by atoms with Crippen LogP contribution in [0.3, 0.4) is 0 Å². The van der Waals surface area contributed by atoms with Crippen LogP contribution in [0.5, 0.6) is 0 Å². The number of hydrogen-bond donors (Lipinski definition) is 0. The van der Waals surface area contributed by atoms with Crippen molar-refractivity contribution in [3.05, 3.63) is 64.7 Å². The number of hydrogen-bond acceptors (Lipinski definition) is 1. The molecule has 0 aliphatic heterocycles. The van der Waals surface area contributed by atoms with Gasteiger partial charge in [0.25, 0.3) is 0 Å². The number of nitrogens with zero attached hydrogens (tertiary/aromatic N) is 1. The van der Waals surface area contributed by atoms with Crippen LogP contribution in [-0.2, 0) is 0 Å². The highest BCUT2D eigenvalue weighted by Crippen LogP contribution is 2.29. The summed E-state index contributed by atoms with van der Waals surface area (Å²) in [7, 11) is 0. The van der Waals surface area contributed by atoms with Gasteiger partial charge >= 0.3 is 0 Å². The molecule has 1 heteroatoms. The van der Waals surface area contributed by atoms with E-state index in [2.05, 4.69) is 57.2 Å². The lowest BCUT2D eigenvalue weighted by atomic mass is 9.93. The normalized spacial score (nSPS) is 9.35. The van der Waals surface area contributed by atoms with Gasteiger partial charge in [0.1, 0.15) is 0 Å². The van der Waals surface area contributed by atoms with Crippen molar-refractivity contribution in [3.8, 4) is 17.2 Å². The number of nitriles is 1. The number of allylic oxidation sites excluding steroid dienone is 2. The third-order valence-corrected chi connectivity index (χ3v) is 3.62. The molecule has 0 unspecified atom stereocenters. The molecule has 0 aliphatic rings. The summed E-state index contributed by atoms with van der Waals surface area (Å²) in [6.45, 7) is 20.2. The van der Waals surface area contributed by atoms with Crippen molar-refractivity contribution in [2.45, 2.75) is 69.2 Å². The van der Waals surface area contributed by atoms with Gasteiger partial charge in [-0.05, 0) is 55.5 Å². The van der Waals surface area contributed by atoms with Crippen molar-refractivity contribution in [1.82, 2.24) is 0 Å². The summed E-state index contributed by atoms with van der Waals surface area (Å²) in [5.74, 6) is 0. The molecule has 0 amide bonds. The number of rotatable bonds is 2. The second-order valence-electron chi connectivity index (χ2n) is 5.16. The maximum Gasteiger partial charge on any atom is 0.0994 e. The lowest BCUT2D eigenvalue weighted by molar-refractivity contribution is 1.36. The zero-order valence-corrected chi connectivity index (χ0v) is 18.5. The Balaban J connectivity index is 0. The van der Waals surface area contributed by atoms with Crippen LogP contribution in [-0.4, -0.2) is 0 Å². The molecule has 0 aliphatic carbocycles. The molecule has 2 aromatic rings. The summed E-state index contributed by atoms with van der Waals surface area (Å²) in [6, 6.07) is 15.0. The topological polar surface area (TPSA) is 23.8 Å². The minimum atomic E-state index is 0.722. The van der Waals surface area contributed by atoms with E-state index in [1.165, 1.54) is 27.8 Å². The van der Waals surface area contributed by atoms with E-state index in [1.54, 1.807) is 0 Å². The van der Waals surface area contributed by atoms with Gasteiger partial charge in [-0.3, -0.25) is 0 Å². The van der Waals surface area contributed by atoms with Gasteiger partial charge < -0.3 is 0 Å². The maximum atomic E-state index is 9.11. The fourth-order valence-electron chi connectivity index (χ4n) is 2.54. The molecule has 2 rings (SSSR count). The van der Waals surface area contributed by atoms with Gasteiger partial charge in [-0.2, -0.15) is 5.26 Å². The first kappa shape index (κ1) is 25.9. The van der Waals surface area contributed by atoms with Crippen LogP contribution in [0.1, 0.15) is 70.7 Å². The van der Waals surface area contributed by atoms with Gasteiger partial charge in [0, 0.05) is 0 Å². The van der Waals surface area contributed by atoms with Crippen molar-refractivity contribution in [3.63, 3.8) is 0 Å². The van der Waals surface area contributed by atoms with E-state index in [4.69, 9.17) is 5.26 Å². The van der Waals surface area contributed by atoms with Gasteiger partial charge in [0.2, 0.25) is 0 Å². The molecule has 1 nitrogen and oxygen atoms in total. The van der Waals surface area contributed by atoms with E-state index in [9.17, 15) is 0 Å². The Hall–Kier alpha value is -2.33. The summed E-state index contributed by atoms with van der Waals surface area (Å²) in [4.78, 5) is 0. The van der Waals surface area contributed by atoms with E-state index in [1.807, 2.05) is 60.6 Å². The van der Waals surface area contributed by atoms with Crippen LogP contribution < -0.4 is 0 Å². The molecule has 0 fully saturated rings. The average molecular weight is 352 g/mol. The lowest BCUT2D eigenvalue weighted by Gasteiger charge is -2.11. The minimum Gasteiger partial charge on any atom is -0.192 e. The van der Waals surface area contributed by atoms with Gasteiger partial charge in [-0.15, -0.1) is 0 Å². The average Bonchev–Trinajstić information content (AvgIpc) is 2.68. The molecule has 0 spiro atoms. The fraction of sp³-hybridized carbons (Fsp3) is 0.400. The Bertz CT molecular complexity index is 715. The number of benzene rings is 2. The van der Waals surface area contributed by atoms with Crippen LogP contribution in [0.25, 0.3) is 16.7 Å². The highest BCUT2D eigenvalue weighted by Gasteiger charge is 2.07. The highest BCUT2D eigenvalue weighted by molar-refractivity contribution is 5.80. The molecule has 26 heavy (non-hydrogen) atoms. The molecule has 0 heterocycles. The fourth-order valence-corrected chi connectivity index (χ4v) is 2.54. The monoisotopic (exact) mass is 351 g/mol.